The maximum absolute atomic E-state index is 12.3. The van der Waals surface area contributed by atoms with E-state index in [9.17, 15) is 4.79 Å². The van der Waals surface area contributed by atoms with Gasteiger partial charge in [0.1, 0.15) is 10.8 Å². The molecule has 1 atom stereocenters. The molecule has 1 N–H and O–H groups in total. The Labute approximate surface area is 139 Å². The van der Waals surface area contributed by atoms with Crippen molar-refractivity contribution in [1.82, 2.24) is 19.9 Å². The van der Waals surface area contributed by atoms with Crippen molar-refractivity contribution >= 4 is 17.5 Å². The molecule has 2 aromatic rings. The molecule has 1 aliphatic heterocycles. The quantitative estimate of drug-likeness (QED) is 0.912. The van der Waals surface area contributed by atoms with E-state index in [1.165, 1.54) is 6.20 Å². The van der Waals surface area contributed by atoms with Crippen LogP contribution in [0.2, 0.25) is 5.02 Å². The third kappa shape index (κ3) is 3.47. The summed E-state index contributed by atoms with van der Waals surface area (Å²) in [6, 6.07) is 1.58. The second-order valence-electron chi connectivity index (χ2n) is 5.47. The maximum atomic E-state index is 12.3. The molecule has 0 saturated heterocycles. The van der Waals surface area contributed by atoms with Gasteiger partial charge >= 0.3 is 0 Å². The van der Waals surface area contributed by atoms with Crippen LogP contribution in [0.15, 0.2) is 24.7 Å². The second kappa shape index (κ2) is 7.00. The number of fused-ring (bicyclic) bond motifs is 1. The van der Waals surface area contributed by atoms with E-state index in [-0.39, 0.29) is 11.8 Å². The highest BCUT2D eigenvalue weighted by Crippen LogP contribution is 2.25. The first-order chi connectivity index (χ1) is 11.2. The Kier molecular flexibility index (Phi) is 4.81. The van der Waals surface area contributed by atoms with Crippen molar-refractivity contribution in [2.24, 2.45) is 0 Å². The molecule has 3 heterocycles. The van der Waals surface area contributed by atoms with Crippen molar-refractivity contribution in [1.29, 1.82) is 0 Å². The van der Waals surface area contributed by atoms with Gasteiger partial charge in [0.25, 0.3) is 5.91 Å². The van der Waals surface area contributed by atoms with Gasteiger partial charge in [0.2, 0.25) is 5.88 Å². The molecule has 7 heteroatoms. The summed E-state index contributed by atoms with van der Waals surface area (Å²) >= 11 is 6.07. The van der Waals surface area contributed by atoms with Crippen LogP contribution >= 0.6 is 11.6 Å². The zero-order valence-electron chi connectivity index (χ0n) is 13.0. The molecule has 6 nitrogen and oxygen atoms in total. The summed E-state index contributed by atoms with van der Waals surface area (Å²) in [6.07, 6.45) is 7.40. The standard InChI is InChI=1S/C16H19ClN4O2/c1-2-23-16-13(17)8-12(10-20-16)15(22)19-9-11-4-3-6-21-7-5-18-14(11)21/h5,7-8,10-11H,2-4,6,9H2,1H3,(H,19,22). The van der Waals surface area contributed by atoms with Crippen LogP contribution in [0.3, 0.4) is 0 Å². The van der Waals surface area contributed by atoms with E-state index < -0.39 is 0 Å². The van der Waals surface area contributed by atoms with Gasteiger partial charge in [-0.25, -0.2) is 9.97 Å². The van der Waals surface area contributed by atoms with E-state index in [1.807, 2.05) is 19.3 Å². The maximum Gasteiger partial charge on any atom is 0.252 e. The van der Waals surface area contributed by atoms with E-state index in [0.717, 1.165) is 25.2 Å². The van der Waals surface area contributed by atoms with Crippen LogP contribution in [0.1, 0.15) is 41.9 Å². The molecule has 23 heavy (non-hydrogen) atoms. The van der Waals surface area contributed by atoms with Crippen LogP contribution in [-0.2, 0) is 6.54 Å². The Morgan fingerprint density at radius 2 is 2.39 bits per heavy atom. The fourth-order valence-corrected chi connectivity index (χ4v) is 3.03. The zero-order chi connectivity index (χ0) is 16.2. The van der Waals surface area contributed by atoms with Crippen LogP contribution in [0.25, 0.3) is 0 Å². The largest absolute Gasteiger partial charge is 0.477 e. The monoisotopic (exact) mass is 334 g/mol. The number of hydrogen-bond donors (Lipinski definition) is 1. The van der Waals surface area contributed by atoms with Crippen LogP contribution in [0, 0.1) is 0 Å². The molecule has 0 spiro atoms. The topological polar surface area (TPSA) is 69.0 Å². The molecule has 0 radical (unpaired) electrons. The molecule has 1 aliphatic rings. The Bertz CT molecular complexity index is 701. The van der Waals surface area contributed by atoms with Crippen LogP contribution < -0.4 is 10.1 Å². The number of halogens is 1. The lowest BCUT2D eigenvalue weighted by atomic mass is 9.99. The highest BCUT2D eigenvalue weighted by atomic mass is 35.5. The average molecular weight is 335 g/mol. The minimum atomic E-state index is -0.189. The molecular weight excluding hydrogens is 316 g/mol. The van der Waals surface area contributed by atoms with Gasteiger partial charge in [-0.2, -0.15) is 0 Å². The average Bonchev–Trinajstić information content (AvgIpc) is 3.04. The molecule has 3 rings (SSSR count). The summed E-state index contributed by atoms with van der Waals surface area (Å²) in [7, 11) is 0. The van der Waals surface area contributed by atoms with Crippen molar-refractivity contribution in [2.45, 2.75) is 32.2 Å². The van der Waals surface area contributed by atoms with E-state index in [4.69, 9.17) is 16.3 Å². The molecule has 0 saturated carbocycles. The molecule has 0 bridgehead atoms. The second-order valence-corrected chi connectivity index (χ2v) is 5.88. The van der Waals surface area contributed by atoms with Gasteiger partial charge in [-0.3, -0.25) is 4.79 Å². The number of aryl methyl sites for hydroxylation is 1. The van der Waals surface area contributed by atoms with Gasteiger partial charge in [-0.1, -0.05) is 11.6 Å². The lowest BCUT2D eigenvalue weighted by Crippen LogP contribution is -2.31. The zero-order valence-corrected chi connectivity index (χ0v) is 13.7. The van der Waals surface area contributed by atoms with E-state index in [1.54, 1.807) is 6.07 Å². The summed E-state index contributed by atoms with van der Waals surface area (Å²) in [5.74, 6) is 1.44. The smallest absolute Gasteiger partial charge is 0.252 e. The van der Waals surface area contributed by atoms with Crippen molar-refractivity contribution in [3.8, 4) is 5.88 Å². The molecule has 0 aliphatic carbocycles. The summed E-state index contributed by atoms with van der Waals surface area (Å²) in [6.45, 7) is 3.89. The molecular formula is C16H19ClN4O2. The van der Waals surface area contributed by atoms with Gasteiger partial charge in [-0.05, 0) is 25.8 Å². The summed E-state index contributed by atoms with van der Waals surface area (Å²) in [4.78, 5) is 20.8. The molecule has 0 aromatic carbocycles. The number of nitrogens with one attached hydrogen (secondary N) is 1. The van der Waals surface area contributed by atoms with Gasteiger partial charge in [0.15, 0.2) is 0 Å². The Hall–Kier alpha value is -2.08. The molecule has 122 valence electrons. The first-order valence-corrected chi connectivity index (χ1v) is 8.14. The molecule has 0 fully saturated rings. The van der Waals surface area contributed by atoms with Crippen molar-refractivity contribution in [3.63, 3.8) is 0 Å². The highest BCUT2D eigenvalue weighted by molar-refractivity contribution is 6.32. The van der Waals surface area contributed by atoms with E-state index in [2.05, 4.69) is 19.9 Å². The number of pyridine rings is 1. The number of nitrogens with zero attached hydrogens (tertiary/aromatic N) is 3. The predicted molar refractivity (Wildman–Crippen MR) is 87.0 cm³/mol. The number of ether oxygens (including phenoxy) is 1. The number of hydrogen-bond acceptors (Lipinski definition) is 4. The van der Waals surface area contributed by atoms with Gasteiger partial charge in [-0.15, -0.1) is 0 Å². The number of aromatic nitrogens is 3. The molecule has 1 amide bonds. The third-order valence-electron chi connectivity index (χ3n) is 3.92. The SMILES string of the molecule is CCOc1ncc(C(=O)NCC2CCCn3ccnc32)cc1Cl. The molecule has 2 aromatic heterocycles. The Morgan fingerprint density at radius 1 is 1.52 bits per heavy atom. The van der Waals surface area contributed by atoms with Gasteiger partial charge in [0.05, 0.1) is 12.2 Å². The first kappa shape index (κ1) is 15.8. The minimum absolute atomic E-state index is 0.189. The normalized spacial score (nSPS) is 16.7. The molecule has 1 unspecified atom stereocenters. The van der Waals surface area contributed by atoms with Gasteiger partial charge < -0.3 is 14.6 Å². The van der Waals surface area contributed by atoms with Crippen LogP contribution in [0.5, 0.6) is 5.88 Å². The summed E-state index contributed by atoms with van der Waals surface area (Å²) < 4.78 is 7.42. The van der Waals surface area contributed by atoms with E-state index >= 15 is 0 Å². The summed E-state index contributed by atoms with van der Waals surface area (Å²) in [5.41, 5.74) is 0.428. The number of carbonyl (C=O) groups is 1. The summed E-state index contributed by atoms with van der Waals surface area (Å²) in [5, 5.41) is 3.29. The van der Waals surface area contributed by atoms with E-state index in [0.29, 0.717) is 29.6 Å². The number of imidazole rings is 1. The van der Waals surface area contributed by atoms with Crippen molar-refractivity contribution < 1.29 is 9.53 Å². The van der Waals surface area contributed by atoms with Crippen molar-refractivity contribution in [3.05, 3.63) is 41.1 Å². The lowest BCUT2D eigenvalue weighted by Gasteiger charge is -2.23. The minimum Gasteiger partial charge on any atom is -0.477 e. The Morgan fingerprint density at radius 3 is 3.17 bits per heavy atom. The fraction of sp³-hybridized carbons (Fsp3) is 0.438. The van der Waals surface area contributed by atoms with Crippen LogP contribution in [0.4, 0.5) is 0 Å². The Balaban J connectivity index is 1.63. The van der Waals surface area contributed by atoms with Crippen LogP contribution in [-0.4, -0.2) is 33.6 Å². The highest BCUT2D eigenvalue weighted by Gasteiger charge is 2.22. The first-order valence-electron chi connectivity index (χ1n) is 7.76. The fourth-order valence-electron chi connectivity index (χ4n) is 2.81. The van der Waals surface area contributed by atoms with Crippen molar-refractivity contribution in [2.75, 3.05) is 13.2 Å². The predicted octanol–water partition coefficient (Wildman–Crippen LogP) is 2.64. The van der Waals surface area contributed by atoms with Gasteiger partial charge in [0, 0.05) is 37.6 Å². The lowest BCUT2D eigenvalue weighted by molar-refractivity contribution is 0.0949. The number of amides is 1. The number of carbonyl (C=O) groups excluding carboxylic acids is 1. The number of rotatable bonds is 5. The third-order valence-corrected chi connectivity index (χ3v) is 4.19.